The molecule has 166 valence electrons. The Labute approximate surface area is 177 Å². The third-order valence-electron chi connectivity index (χ3n) is 4.21. The molecule has 0 radical (unpaired) electrons. The Bertz CT molecular complexity index is 1010. The highest BCUT2D eigenvalue weighted by Crippen LogP contribution is 2.29. The standard InChI is InChI=1S/C20H23N3O8/c1-5-29-13-7-8-14(15(9-13)23(27)28)22-16(24)10-31-20(26)18-11(3)17(12(4)21-18)19(25)30-6-2/h7-9,21H,5-6,10H2,1-4H3,(H,22,24). The van der Waals surface area contributed by atoms with E-state index in [2.05, 4.69) is 10.3 Å². The molecule has 0 saturated carbocycles. The predicted octanol–water partition coefficient (Wildman–Crippen LogP) is 2.91. The van der Waals surface area contributed by atoms with E-state index in [4.69, 9.17) is 14.2 Å². The van der Waals surface area contributed by atoms with Crippen LogP contribution in [0.3, 0.4) is 0 Å². The number of nitro groups is 1. The van der Waals surface area contributed by atoms with E-state index in [1.54, 1.807) is 27.7 Å². The van der Waals surface area contributed by atoms with Crippen LogP contribution in [0.4, 0.5) is 11.4 Å². The van der Waals surface area contributed by atoms with Gasteiger partial charge in [0, 0.05) is 5.69 Å². The highest BCUT2D eigenvalue weighted by Gasteiger charge is 2.24. The van der Waals surface area contributed by atoms with E-state index in [1.165, 1.54) is 18.2 Å². The summed E-state index contributed by atoms with van der Waals surface area (Å²) in [5, 5.41) is 13.6. The fourth-order valence-electron chi connectivity index (χ4n) is 2.88. The lowest BCUT2D eigenvalue weighted by Gasteiger charge is -2.09. The molecule has 11 nitrogen and oxygen atoms in total. The van der Waals surface area contributed by atoms with Gasteiger partial charge in [-0.05, 0) is 45.4 Å². The summed E-state index contributed by atoms with van der Waals surface area (Å²) < 4.78 is 15.2. The average molecular weight is 433 g/mol. The lowest BCUT2D eigenvalue weighted by molar-refractivity contribution is -0.384. The minimum absolute atomic E-state index is 0.0143. The summed E-state index contributed by atoms with van der Waals surface area (Å²) in [5.74, 6) is -1.92. The number of benzene rings is 1. The first-order valence-corrected chi connectivity index (χ1v) is 9.44. The van der Waals surface area contributed by atoms with Crippen molar-refractivity contribution >= 4 is 29.2 Å². The topological polar surface area (TPSA) is 150 Å². The number of aromatic nitrogens is 1. The molecule has 1 aromatic carbocycles. The summed E-state index contributed by atoms with van der Waals surface area (Å²) in [4.78, 5) is 49.9. The quantitative estimate of drug-likeness (QED) is 0.348. The van der Waals surface area contributed by atoms with Gasteiger partial charge in [0.1, 0.15) is 17.1 Å². The molecule has 0 aliphatic rings. The fourth-order valence-corrected chi connectivity index (χ4v) is 2.88. The monoisotopic (exact) mass is 433 g/mol. The van der Waals surface area contributed by atoms with E-state index < -0.39 is 29.4 Å². The second-order valence-electron chi connectivity index (χ2n) is 6.34. The van der Waals surface area contributed by atoms with Crippen molar-refractivity contribution in [2.75, 3.05) is 25.1 Å². The molecule has 2 rings (SSSR count). The van der Waals surface area contributed by atoms with E-state index in [-0.39, 0.29) is 35.0 Å². The summed E-state index contributed by atoms with van der Waals surface area (Å²) in [6, 6.07) is 3.99. The lowest BCUT2D eigenvalue weighted by atomic mass is 10.1. The number of nitrogens with zero attached hydrogens (tertiary/aromatic N) is 1. The molecule has 0 aliphatic heterocycles. The van der Waals surface area contributed by atoms with Crippen LogP contribution in [0.2, 0.25) is 0 Å². The second kappa shape index (κ2) is 10.2. The Balaban J connectivity index is 2.07. The molecule has 0 bridgehead atoms. The number of carbonyl (C=O) groups excluding carboxylic acids is 3. The number of aryl methyl sites for hydroxylation is 1. The van der Waals surface area contributed by atoms with Crippen LogP contribution in [0, 0.1) is 24.0 Å². The minimum atomic E-state index is -0.854. The molecule has 1 amide bonds. The van der Waals surface area contributed by atoms with Crippen LogP contribution in [-0.2, 0) is 14.3 Å². The molecule has 0 atom stereocenters. The predicted molar refractivity (Wildman–Crippen MR) is 109 cm³/mol. The summed E-state index contributed by atoms with van der Waals surface area (Å²) in [7, 11) is 0. The van der Waals surface area contributed by atoms with Gasteiger partial charge in [0.2, 0.25) is 0 Å². The zero-order valence-corrected chi connectivity index (χ0v) is 17.6. The largest absolute Gasteiger partial charge is 0.494 e. The molecular formula is C20H23N3O8. The first-order chi connectivity index (χ1) is 14.7. The van der Waals surface area contributed by atoms with Gasteiger partial charge in [0.05, 0.1) is 29.8 Å². The van der Waals surface area contributed by atoms with Crippen molar-refractivity contribution in [3.8, 4) is 5.75 Å². The van der Waals surface area contributed by atoms with Gasteiger partial charge in [-0.25, -0.2) is 9.59 Å². The van der Waals surface area contributed by atoms with Crippen molar-refractivity contribution in [3.63, 3.8) is 0 Å². The van der Waals surface area contributed by atoms with Crippen LogP contribution in [0.5, 0.6) is 5.75 Å². The van der Waals surface area contributed by atoms with Gasteiger partial charge in [-0.3, -0.25) is 14.9 Å². The van der Waals surface area contributed by atoms with E-state index in [0.717, 1.165) is 0 Å². The smallest absolute Gasteiger partial charge is 0.355 e. The SMILES string of the molecule is CCOC(=O)c1c(C)[nH]c(C(=O)OCC(=O)Nc2ccc(OCC)cc2[N+](=O)[O-])c1C. The van der Waals surface area contributed by atoms with E-state index in [9.17, 15) is 24.5 Å². The molecular weight excluding hydrogens is 410 g/mol. The number of aromatic amines is 1. The van der Waals surface area contributed by atoms with Crippen molar-refractivity contribution in [2.45, 2.75) is 27.7 Å². The number of nitro benzene ring substituents is 1. The molecule has 1 aromatic heterocycles. The first-order valence-electron chi connectivity index (χ1n) is 9.44. The van der Waals surface area contributed by atoms with Crippen LogP contribution in [0.15, 0.2) is 18.2 Å². The number of carbonyl (C=O) groups is 3. The fraction of sp³-hybridized carbons (Fsp3) is 0.350. The number of hydrogen-bond donors (Lipinski definition) is 2. The number of nitrogens with one attached hydrogen (secondary N) is 2. The third-order valence-corrected chi connectivity index (χ3v) is 4.21. The van der Waals surface area contributed by atoms with Crippen molar-refractivity contribution in [2.24, 2.45) is 0 Å². The van der Waals surface area contributed by atoms with Crippen molar-refractivity contribution in [3.05, 3.63) is 50.8 Å². The average Bonchev–Trinajstić information content (AvgIpc) is 3.01. The van der Waals surface area contributed by atoms with Crippen molar-refractivity contribution < 1.29 is 33.5 Å². The number of ether oxygens (including phenoxy) is 3. The van der Waals surface area contributed by atoms with Gasteiger partial charge < -0.3 is 24.5 Å². The van der Waals surface area contributed by atoms with Gasteiger partial charge in [-0.2, -0.15) is 0 Å². The second-order valence-corrected chi connectivity index (χ2v) is 6.34. The Morgan fingerprint density at radius 3 is 2.42 bits per heavy atom. The number of hydrogen-bond acceptors (Lipinski definition) is 8. The van der Waals surface area contributed by atoms with Crippen LogP contribution < -0.4 is 10.1 Å². The van der Waals surface area contributed by atoms with Crippen molar-refractivity contribution in [1.29, 1.82) is 0 Å². The molecule has 0 unspecified atom stereocenters. The molecule has 11 heteroatoms. The third kappa shape index (κ3) is 5.59. The highest BCUT2D eigenvalue weighted by molar-refractivity contribution is 6.00. The van der Waals surface area contributed by atoms with E-state index in [0.29, 0.717) is 17.9 Å². The Kier molecular flexibility index (Phi) is 7.72. The van der Waals surface area contributed by atoms with Crippen LogP contribution in [0.1, 0.15) is 46.0 Å². The van der Waals surface area contributed by atoms with Gasteiger partial charge in [-0.15, -0.1) is 0 Å². The summed E-state index contributed by atoms with van der Waals surface area (Å²) in [5.41, 5.74) is 0.580. The number of esters is 2. The lowest BCUT2D eigenvalue weighted by Crippen LogP contribution is -2.22. The molecule has 0 saturated heterocycles. The highest BCUT2D eigenvalue weighted by atomic mass is 16.6. The molecule has 0 spiro atoms. The Morgan fingerprint density at radius 2 is 1.81 bits per heavy atom. The van der Waals surface area contributed by atoms with Crippen molar-refractivity contribution in [1.82, 2.24) is 4.98 Å². The molecule has 1 heterocycles. The molecule has 0 fully saturated rings. The molecule has 2 N–H and O–H groups in total. The van der Waals surface area contributed by atoms with Gasteiger partial charge in [0.25, 0.3) is 11.6 Å². The zero-order valence-electron chi connectivity index (χ0n) is 17.6. The number of H-pyrrole nitrogens is 1. The van der Waals surface area contributed by atoms with Crippen LogP contribution in [0.25, 0.3) is 0 Å². The Morgan fingerprint density at radius 1 is 1.10 bits per heavy atom. The maximum Gasteiger partial charge on any atom is 0.355 e. The minimum Gasteiger partial charge on any atom is -0.494 e. The van der Waals surface area contributed by atoms with Gasteiger partial charge >= 0.3 is 11.9 Å². The number of rotatable bonds is 9. The van der Waals surface area contributed by atoms with E-state index >= 15 is 0 Å². The molecule has 0 aliphatic carbocycles. The summed E-state index contributed by atoms with van der Waals surface area (Å²) in [6.07, 6.45) is 0. The first kappa shape index (κ1) is 23.4. The summed E-state index contributed by atoms with van der Waals surface area (Å²) >= 11 is 0. The molecule has 2 aromatic rings. The maximum atomic E-state index is 12.3. The van der Waals surface area contributed by atoms with Gasteiger partial charge in [0.15, 0.2) is 6.61 Å². The van der Waals surface area contributed by atoms with Crippen LogP contribution >= 0.6 is 0 Å². The number of amides is 1. The normalized spacial score (nSPS) is 10.3. The van der Waals surface area contributed by atoms with E-state index in [1.807, 2.05) is 0 Å². The zero-order chi connectivity index (χ0) is 23.1. The Hall–Kier alpha value is -3.89. The summed E-state index contributed by atoms with van der Waals surface area (Å²) in [6.45, 7) is 6.38. The molecule has 31 heavy (non-hydrogen) atoms. The van der Waals surface area contributed by atoms with Gasteiger partial charge in [-0.1, -0.05) is 0 Å². The maximum absolute atomic E-state index is 12.3. The number of anilines is 1. The van der Waals surface area contributed by atoms with Crippen LogP contribution in [-0.4, -0.2) is 47.6 Å².